The Morgan fingerprint density at radius 3 is 2.22 bits per heavy atom. The Bertz CT molecular complexity index is 1220. The van der Waals surface area contributed by atoms with Crippen LogP contribution in [-0.2, 0) is 14.8 Å². The van der Waals surface area contributed by atoms with Gasteiger partial charge in [-0.05, 0) is 68.6 Å². The van der Waals surface area contributed by atoms with Gasteiger partial charge >= 0.3 is 0 Å². The number of nitrogens with one attached hydrogen (secondary N) is 1. The molecule has 0 atom stereocenters. The van der Waals surface area contributed by atoms with Gasteiger partial charge in [0.1, 0.15) is 6.54 Å². The number of amides is 1. The van der Waals surface area contributed by atoms with E-state index in [0.29, 0.717) is 16.9 Å². The normalized spacial score (nSPS) is 11.1. The van der Waals surface area contributed by atoms with Crippen LogP contribution in [0.5, 0.6) is 0 Å². The molecule has 6 nitrogen and oxygen atoms in total. The summed E-state index contributed by atoms with van der Waals surface area (Å²) in [5.74, 6) is -0.644. The lowest BCUT2D eigenvalue weighted by atomic mass is 10.1. The molecule has 0 bridgehead atoms. The minimum Gasteiger partial charge on any atom is -0.324 e. The van der Waals surface area contributed by atoms with E-state index in [1.807, 2.05) is 13.2 Å². The molecule has 32 heavy (non-hydrogen) atoms. The summed E-state index contributed by atoms with van der Waals surface area (Å²) in [6, 6.07) is 20.0. The highest BCUT2D eigenvalue weighted by Crippen LogP contribution is 2.26. The molecule has 0 spiro atoms. The van der Waals surface area contributed by atoms with Crippen LogP contribution in [0.4, 0.5) is 11.4 Å². The summed E-state index contributed by atoms with van der Waals surface area (Å²) < 4.78 is 28.0. The Morgan fingerprint density at radius 2 is 1.62 bits per heavy atom. The highest BCUT2D eigenvalue weighted by molar-refractivity contribution is 7.98. The lowest BCUT2D eigenvalue weighted by molar-refractivity contribution is -0.114. The third kappa shape index (κ3) is 5.57. The quantitative estimate of drug-likeness (QED) is 0.381. The summed E-state index contributed by atoms with van der Waals surface area (Å²) >= 11 is 1.51. The van der Waals surface area contributed by atoms with Crippen LogP contribution in [0.2, 0.25) is 0 Å². The standard InChI is InChI=1S/C24H24N2O4S2/c1-17-7-9-21(10-8-17)26(32(29,30)23-13-11-22(31-3)12-14-23)16-24(28)25-20-6-4-5-19(15-20)18(2)27/h4-15H,16H2,1-3H3,(H,25,28). The van der Waals surface area contributed by atoms with Crippen molar-refractivity contribution in [1.29, 1.82) is 0 Å². The molecule has 0 aliphatic carbocycles. The maximum atomic E-state index is 13.4. The van der Waals surface area contributed by atoms with Gasteiger partial charge in [-0.3, -0.25) is 13.9 Å². The molecular weight excluding hydrogens is 444 g/mol. The Kier molecular flexibility index (Phi) is 7.37. The number of Topliss-reactive ketones (excluding diaryl/α,β-unsaturated/α-hetero) is 1. The van der Waals surface area contributed by atoms with Crippen LogP contribution in [0.3, 0.4) is 0 Å². The first kappa shape index (κ1) is 23.6. The van der Waals surface area contributed by atoms with Crippen LogP contribution in [-0.4, -0.2) is 32.9 Å². The third-order valence-electron chi connectivity index (χ3n) is 4.81. The zero-order valence-corrected chi connectivity index (χ0v) is 19.7. The van der Waals surface area contributed by atoms with Crippen LogP contribution in [0.1, 0.15) is 22.8 Å². The number of hydrogen-bond donors (Lipinski definition) is 1. The highest BCUT2D eigenvalue weighted by Gasteiger charge is 2.27. The number of anilines is 2. The van der Waals surface area contributed by atoms with E-state index in [9.17, 15) is 18.0 Å². The van der Waals surface area contributed by atoms with Crippen LogP contribution < -0.4 is 9.62 Å². The lowest BCUT2D eigenvalue weighted by Crippen LogP contribution is -2.38. The Balaban J connectivity index is 1.92. The molecule has 1 N–H and O–H groups in total. The average molecular weight is 469 g/mol. The van der Waals surface area contributed by atoms with Gasteiger partial charge in [-0.25, -0.2) is 8.42 Å². The van der Waals surface area contributed by atoms with Crippen LogP contribution in [0, 0.1) is 6.92 Å². The summed E-state index contributed by atoms with van der Waals surface area (Å²) in [5, 5.41) is 2.69. The number of rotatable bonds is 8. The van der Waals surface area contributed by atoms with E-state index in [-0.39, 0.29) is 10.7 Å². The van der Waals surface area contributed by atoms with Gasteiger partial charge in [-0.1, -0.05) is 29.8 Å². The van der Waals surface area contributed by atoms with Gasteiger partial charge in [0.05, 0.1) is 10.6 Å². The van der Waals surface area contributed by atoms with Gasteiger partial charge in [0.25, 0.3) is 10.0 Å². The van der Waals surface area contributed by atoms with Crippen molar-refractivity contribution in [1.82, 2.24) is 0 Å². The predicted molar refractivity (Wildman–Crippen MR) is 129 cm³/mol. The lowest BCUT2D eigenvalue weighted by Gasteiger charge is -2.24. The predicted octanol–water partition coefficient (Wildman–Crippen LogP) is 4.75. The van der Waals surface area contributed by atoms with Crippen molar-refractivity contribution < 1.29 is 18.0 Å². The molecule has 0 aromatic heterocycles. The van der Waals surface area contributed by atoms with Crippen molar-refractivity contribution in [3.63, 3.8) is 0 Å². The fourth-order valence-electron chi connectivity index (χ4n) is 3.05. The monoisotopic (exact) mass is 468 g/mol. The number of ketones is 1. The molecule has 3 rings (SSSR count). The number of nitrogens with zero attached hydrogens (tertiary/aromatic N) is 1. The molecule has 8 heteroatoms. The summed E-state index contributed by atoms with van der Waals surface area (Å²) in [4.78, 5) is 25.5. The maximum Gasteiger partial charge on any atom is 0.264 e. The maximum absolute atomic E-state index is 13.4. The van der Waals surface area contributed by atoms with E-state index in [1.54, 1.807) is 60.7 Å². The molecule has 0 heterocycles. The molecule has 3 aromatic rings. The van der Waals surface area contributed by atoms with Crippen LogP contribution in [0.15, 0.2) is 82.6 Å². The van der Waals surface area contributed by atoms with Gasteiger partial charge < -0.3 is 5.32 Å². The van der Waals surface area contributed by atoms with Crippen molar-refractivity contribution in [2.75, 3.05) is 22.4 Å². The largest absolute Gasteiger partial charge is 0.324 e. The Morgan fingerprint density at radius 1 is 0.969 bits per heavy atom. The molecule has 3 aromatic carbocycles. The third-order valence-corrected chi connectivity index (χ3v) is 7.34. The molecule has 0 aliphatic rings. The number of aryl methyl sites for hydroxylation is 1. The van der Waals surface area contributed by atoms with Gasteiger partial charge in [0.15, 0.2) is 5.78 Å². The summed E-state index contributed by atoms with van der Waals surface area (Å²) in [6.45, 7) is 2.92. The summed E-state index contributed by atoms with van der Waals surface area (Å²) in [7, 11) is -3.99. The summed E-state index contributed by atoms with van der Waals surface area (Å²) in [5.41, 5.74) is 2.24. The SMILES string of the molecule is CSc1ccc(S(=O)(=O)N(CC(=O)Nc2cccc(C(C)=O)c2)c2ccc(C)cc2)cc1. The fourth-order valence-corrected chi connectivity index (χ4v) is 4.88. The van der Waals surface area contributed by atoms with Crippen molar-refractivity contribution in [3.05, 3.63) is 83.9 Å². The molecule has 0 saturated heterocycles. The van der Waals surface area contributed by atoms with Gasteiger partial charge in [-0.15, -0.1) is 11.8 Å². The molecule has 1 amide bonds. The molecule has 0 saturated carbocycles. The number of benzene rings is 3. The van der Waals surface area contributed by atoms with Crippen molar-refractivity contribution >= 4 is 44.9 Å². The number of carbonyl (C=O) groups excluding carboxylic acids is 2. The zero-order chi connectivity index (χ0) is 23.3. The topological polar surface area (TPSA) is 83.6 Å². The summed E-state index contributed by atoms with van der Waals surface area (Å²) in [6.07, 6.45) is 1.91. The second kappa shape index (κ2) is 10.0. The van der Waals surface area contributed by atoms with Crippen LogP contribution >= 0.6 is 11.8 Å². The average Bonchev–Trinajstić information content (AvgIpc) is 2.78. The number of sulfonamides is 1. The molecular formula is C24H24N2O4S2. The first-order valence-electron chi connectivity index (χ1n) is 9.85. The molecule has 0 radical (unpaired) electrons. The second-order valence-corrected chi connectivity index (χ2v) is 9.95. The van der Waals surface area contributed by atoms with E-state index >= 15 is 0 Å². The second-order valence-electron chi connectivity index (χ2n) is 7.21. The fraction of sp³-hybridized carbons (Fsp3) is 0.167. The Hall–Kier alpha value is -3.10. The van der Waals surface area contributed by atoms with Gasteiger partial charge in [0.2, 0.25) is 5.91 Å². The van der Waals surface area contributed by atoms with E-state index in [2.05, 4.69) is 5.32 Å². The van der Waals surface area contributed by atoms with Crippen molar-refractivity contribution in [2.45, 2.75) is 23.6 Å². The molecule has 0 unspecified atom stereocenters. The van der Waals surface area contributed by atoms with Gasteiger partial charge in [-0.2, -0.15) is 0 Å². The number of thioether (sulfide) groups is 1. The highest BCUT2D eigenvalue weighted by atomic mass is 32.2. The van der Waals surface area contributed by atoms with E-state index in [1.165, 1.54) is 30.8 Å². The van der Waals surface area contributed by atoms with Crippen molar-refractivity contribution in [3.8, 4) is 0 Å². The molecule has 0 aliphatic heterocycles. The minimum atomic E-state index is -3.99. The van der Waals surface area contributed by atoms with E-state index < -0.39 is 22.5 Å². The smallest absolute Gasteiger partial charge is 0.264 e. The molecule has 166 valence electrons. The number of hydrogen-bond acceptors (Lipinski definition) is 5. The van der Waals surface area contributed by atoms with E-state index in [4.69, 9.17) is 0 Å². The Labute approximate surface area is 192 Å². The first-order valence-corrected chi connectivity index (χ1v) is 12.5. The zero-order valence-electron chi connectivity index (χ0n) is 18.0. The van der Waals surface area contributed by atoms with Crippen LogP contribution in [0.25, 0.3) is 0 Å². The first-order chi connectivity index (χ1) is 15.2. The van der Waals surface area contributed by atoms with E-state index in [0.717, 1.165) is 14.8 Å². The van der Waals surface area contributed by atoms with Crippen molar-refractivity contribution in [2.24, 2.45) is 0 Å². The number of carbonyl (C=O) groups is 2. The van der Waals surface area contributed by atoms with Gasteiger partial charge in [0, 0.05) is 16.1 Å². The molecule has 0 fully saturated rings. The minimum absolute atomic E-state index is 0.0993.